The molecule has 0 saturated heterocycles. The molecule has 19 heavy (non-hydrogen) atoms. The fourth-order valence-corrected chi connectivity index (χ4v) is 1.87. The minimum atomic E-state index is 0.510. The predicted molar refractivity (Wildman–Crippen MR) is 77.0 cm³/mol. The predicted octanol–water partition coefficient (Wildman–Crippen LogP) is 3.27. The SMILES string of the molecule is CCCCCCCCOc1ncnc(NC)c1OC. The largest absolute Gasteiger partial charge is 0.489 e. The van der Waals surface area contributed by atoms with Crippen LogP contribution in [0, 0.1) is 0 Å². The first-order valence-corrected chi connectivity index (χ1v) is 7.03. The maximum Gasteiger partial charge on any atom is 0.262 e. The zero-order chi connectivity index (χ0) is 13.9. The quantitative estimate of drug-likeness (QED) is 0.659. The van der Waals surface area contributed by atoms with E-state index in [0.717, 1.165) is 6.42 Å². The average molecular weight is 267 g/mol. The van der Waals surface area contributed by atoms with Crippen molar-refractivity contribution in [3.8, 4) is 11.6 Å². The van der Waals surface area contributed by atoms with Gasteiger partial charge in [0.25, 0.3) is 5.88 Å². The minimum absolute atomic E-state index is 0.510. The van der Waals surface area contributed by atoms with E-state index in [1.165, 1.54) is 38.4 Å². The highest BCUT2D eigenvalue weighted by molar-refractivity contribution is 5.54. The number of hydrogen-bond acceptors (Lipinski definition) is 5. The average Bonchev–Trinajstić information content (AvgIpc) is 2.45. The zero-order valence-corrected chi connectivity index (χ0v) is 12.2. The Bertz CT molecular complexity index is 359. The van der Waals surface area contributed by atoms with E-state index < -0.39 is 0 Å². The van der Waals surface area contributed by atoms with Crippen LogP contribution in [-0.4, -0.2) is 30.7 Å². The van der Waals surface area contributed by atoms with Crippen molar-refractivity contribution in [2.24, 2.45) is 0 Å². The van der Waals surface area contributed by atoms with Crippen LogP contribution in [0.5, 0.6) is 11.6 Å². The van der Waals surface area contributed by atoms with E-state index in [1.54, 1.807) is 14.2 Å². The Morgan fingerprint density at radius 1 is 1.11 bits per heavy atom. The van der Waals surface area contributed by atoms with E-state index in [4.69, 9.17) is 9.47 Å². The maximum atomic E-state index is 5.66. The molecule has 0 unspecified atom stereocenters. The van der Waals surface area contributed by atoms with Gasteiger partial charge < -0.3 is 14.8 Å². The Morgan fingerprint density at radius 2 is 1.84 bits per heavy atom. The van der Waals surface area contributed by atoms with Gasteiger partial charge in [0.2, 0.25) is 5.75 Å². The molecular formula is C14H25N3O2. The molecule has 108 valence electrons. The summed E-state index contributed by atoms with van der Waals surface area (Å²) in [4.78, 5) is 8.19. The number of methoxy groups -OCH3 is 1. The summed E-state index contributed by atoms with van der Waals surface area (Å²) < 4.78 is 10.9. The summed E-state index contributed by atoms with van der Waals surface area (Å²) in [6.07, 6.45) is 8.92. The van der Waals surface area contributed by atoms with Crippen LogP contribution >= 0.6 is 0 Å². The first-order valence-electron chi connectivity index (χ1n) is 7.03. The molecule has 0 radical (unpaired) electrons. The van der Waals surface area contributed by atoms with E-state index >= 15 is 0 Å². The number of aromatic nitrogens is 2. The number of rotatable bonds is 10. The van der Waals surface area contributed by atoms with Crippen molar-refractivity contribution in [3.63, 3.8) is 0 Å². The molecule has 5 nitrogen and oxygen atoms in total. The first kappa shape index (κ1) is 15.5. The molecule has 0 bridgehead atoms. The molecule has 0 aliphatic carbocycles. The Balaban J connectivity index is 2.33. The fraction of sp³-hybridized carbons (Fsp3) is 0.714. The number of nitrogens with zero attached hydrogens (tertiary/aromatic N) is 2. The highest BCUT2D eigenvalue weighted by Gasteiger charge is 2.11. The molecule has 0 aromatic carbocycles. The number of hydrogen-bond donors (Lipinski definition) is 1. The molecule has 1 rings (SSSR count). The second-order valence-electron chi connectivity index (χ2n) is 4.43. The monoisotopic (exact) mass is 267 g/mol. The Kier molecular flexibility index (Phi) is 7.70. The van der Waals surface area contributed by atoms with Gasteiger partial charge in [-0.15, -0.1) is 0 Å². The summed E-state index contributed by atoms with van der Waals surface area (Å²) >= 11 is 0. The highest BCUT2D eigenvalue weighted by atomic mass is 16.5. The molecule has 1 aromatic heterocycles. The first-order chi connectivity index (χ1) is 9.33. The minimum Gasteiger partial charge on any atom is -0.489 e. The Morgan fingerprint density at radius 3 is 2.53 bits per heavy atom. The number of nitrogens with one attached hydrogen (secondary N) is 1. The van der Waals surface area contributed by atoms with Crippen molar-refractivity contribution >= 4 is 5.82 Å². The van der Waals surface area contributed by atoms with Gasteiger partial charge in [0.05, 0.1) is 13.7 Å². The third-order valence-corrected chi connectivity index (χ3v) is 2.95. The highest BCUT2D eigenvalue weighted by Crippen LogP contribution is 2.30. The molecule has 1 N–H and O–H groups in total. The van der Waals surface area contributed by atoms with Crippen LogP contribution in [0.3, 0.4) is 0 Å². The maximum absolute atomic E-state index is 5.66. The zero-order valence-electron chi connectivity index (χ0n) is 12.2. The van der Waals surface area contributed by atoms with E-state index in [1.807, 2.05) is 0 Å². The van der Waals surface area contributed by atoms with Crippen molar-refractivity contribution < 1.29 is 9.47 Å². The molecule has 0 saturated carbocycles. The lowest BCUT2D eigenvalue weighted by molar-refractivity contribution is 0.273. The van der Waals surface area contributed by atoms with Crippen molar-refractivity contribution in [3.05, 3.63) is 6.33 Å². The number of unbranched alkanes of at least 4 members (excludes halogenated alkanes) is 5. The van der Waals surface area contributed by atoms with E-state index in [-0.39, 0.29) is 0 Å². The van der Waals surface area contributed by atoms with E-state index in [2.05, 4.69) is 22.2 Å². The lowest BCUT2D eigenvalue weighted by atomic mass is 10.1. The molecule has 0 atom stereocenters. The standard InChI is InChI=1S/C14H25N3O2/c1-4-5-6-7-8-9-10-19-14-12(18-3)13(15-2)16-11-17-14/h11H,4-10H2,1-3H3,(H,15,16,17). The van der Waals surface area contributed by atoms with Crippen molar-refractivity contribution in [1.82, 2.24) is 9.97 Å². The van der Waals surface area contributed by atoms with Gasteiger partial charge in [-0.05, 0) is 6.42 Å². The molecule has 0 spiro atoms. The van der Waals surface area contributed by atoms with Gasteiger partial charge in [-0.3, -0.25) is 0 Å². The van der Waals surface area contributed by atoms with Crippen LogP contribution in [0.4, 0.5) is 5.82 Å². The number of anilines is 1. The second kappa shape index (κ2) is 9.42. The number of ether oxygens (including phenoxy) is 2. The van der Waals surface area contributed by atoms with Gasteiger partial charge in [0.15, 0.2) is 5.82 Å². The van der Waals surface area contributed by atoms with Crippen LogP contribution in [0.15, 0.2) is 6.33 Å². The lowest BCUT2D eigenvalue weighted by Gasteiger charge is -2.11. The third kappa shape index (κ3) is 5.32. The third-order valence-electron chi connectivity index (χ3n) is 2.95. The normalized spacial score (nSPS) is 10.3. The Hall–Kier alpha value is -1.52. The second-order valence-corrected chi connectivity index (χ2v) is 4.43. The Labute approximate surface area is 115 Å². The molecule has 0 fully saturated rings. The van der Waals surface area contributed by atoms with Gasteiger partial charge in [-0.1, -0.05) is 39.0 Å². The lowest BCUT2D eigenvalue weighted by Crippen LogP contribution is -2.04. The van der Waals surface area contributed by atoms with Crippen LogP contribution in [0.25, 0.3) is 0 Å². The molecule has 1 aromatic rings. The van der Waals surface area contributed by atoms with E-state index in [9.17, 15) is 0 Å². The summed E-state index contributed by atoms with van der Waals surface area (Å²) in [6, 6.07) is 0. The molecular weight excluding hydrogens is 242 g/mol. The molecule has 5 heteroatoms. The molecule has 0 aliphatic rings. The molecule has 1 heterocycles. The summed E-state index contributed by atoms with van der Waals surface area (Å²) in [5, 5.41) is 2.96. The van der Waals surface area contributed by atoms with Crippen LogP contribution < -0.4 is 14.8 Å². The van der Waals surface area contributed by atoms with Gasteiger partial charge >= 0.3 is 0 Å². The van der Waals surface area contributed by atoms with Crippen LogP contribution in [0.2, 0.25) is 0 Å². The van der Waals surface area contributed by atoms with Crippen LogP contribution in [-0.2, 0) is 0 Å². The fourth-order valence-electron chi connectivity index (χ4n) is 1.87. The van der Waals surface area contributed by atoms with Crippen LogP contribution in [0.1, 0.15) is 45.4 Å². The van der Waals surface area contributed by atoms with Gasteiger partial charge in [0.1, 0.15) is 6.33 Å². The van der Waals surface area contributed by atoms with Gasteiger partial charge in [-0.2, -0.15) is 4.98 Å². The smallest absolute Gasteiger partial charge is 0.262 e. The summed E-state index contributed by atoms with van der Waals surface area (Å²) in [7, 11) is 3.39. The summed E-state index contributed by atoms with van der Waals surface area (Å²) in [6.45, 7) is 2.90. The molecule has 0 amide bonds. The van der Waals surface area contributed by atoms with Crippen molar-refractivity contribution in [2.45, 2.75) is 45.4 Å². The van der Waals surface area contributed by atoms with Gasteiger partial charge in [0, 0.05) is 7.05 Å². The van der Waals surface area contributed by atoms with Crippen molar-refractivity contribution in [1.29, 1.82) is 0 Å². The summed E-state index contributed by atoms with van der Waals surface area (Å²) in [5.74, 6) is 1.72. The van der Waals surface area contributed by atoms with E-state index in [0.29, 0.717) is 24.1 Å². The topological polar surface area (TPSA) is 56.3 Å². The van der Waals surface area contributed by atoms with Gasteiger partial charge in [-0.25, -0.2) is 4.98 Å². The van der Waals surface area contributed by atoms with Crippen molar-refractivity contribution in [2.75, 3.05) is 26.1 Å². The summed E-state index contributed by atoms with van der Waals surface area (Å²) in [5.41, 5.74) is 0. The molecule has 0 aliphatic heterocycles.